The molecule has 0 spiro atoms. The second-order valence-corrected chi connectivity index (χ2v) is 6.39. The third-order valence-corrected chi connectivity index (χ3v) is 4.08. The number of esters is 1. The van der Waals surface area contributed by atoms with E-state index in [1.165, 1.54) is 77.0 Å². The van der Waals surface area contributed by atoms with Gasteiger partial charge in [0.05, 0.1) is 6.61 Å². The first kappa shape index (κ1) is 21.5. The average Bonchev–Trinajstić information content (AvgIpc) is 2.52. The van der Waals surface area contributed by atoms with Crippen molar-refractivity contribution >= 4 is 5.97 Å². The molecular weight excluding hydrogens is 272 g/mol. The number of rotatable bonds is 17. The van der Waals surface area contributed by atoms with Crippen molar-refractivity contribution in [3.63, 3.8) is 0 Å². The van der Waals surface area contributed by atoms with Gasteiger partial charge in [-0.05, 0) is 19.3 Å². The van der Waals surface area contributed by atoms with E-state index in [4.69, 9.17) is 4.74 Å². The Morgan fingerprint density at radius 2 is 1.23 bits per heavy atom. The average molecular weight is 312 g/mol. The maximum atomic E-state index is 11.5. The molecule has 0 unspecified atom stereocenters. The minimum absolute atomic E-state index is 0.0449. The Kier molecular flexibility index (Phi) is 18.1. The highest BCUT2D eigenvalue weighted by atomic mass is 16.5. The molecule has 0 N–H and O–H groups in total. The van der Waals surface area contributed by atoms with Crippen LogP contribution in [0.3, 0.4) is 0 Å². The van der Waals surface area contributed by atoms with Crippen LogP contribution in [0.15, 0.2) is 0 Å². The van der Waals surface area contributed by atoms with Crippen LogP contribution in [0.25, 0.3) is 0 Å². The normalized spacial score (nSPS) is 10.8. The fraction of sp³-hybridized carbons (Fsp3) is 0.900. The van der Waals surface area contributed by atoms with Crippen molar-refractivity contribution in [1.82, 2.24) is 0 Å². The molecule has 0 saturated heterocycles. The molecule has 131 valence electrons. The van der Waals surface area contributed by atoms with Gasteiger partial charge in [0.25, 0.3) is 0 Å². The Hall–Kier alpha value is -0.530. The van der Waals surface area contributed by atoms with E-state index in [9.17, 15) is 4.79 Å². The molecule has 0 aromatic carbocycles. The van der Waals surface area contributed by atoms with Crippen LogP contribution >= 0.6 is 0 Å². The predicted molar refractivity (Wildman–Crippen MR) is 95.9 cm³/mol. The Bertz CT molecular complexity index is 226. The number of hydrogen-bond acceptors (Lipinski definition) is 2. The highest BCUT2D eigenvalue weighted by Gasteiger charge is 2.02. The van der Waals surface area contributed by atoms with Crippen molar-refractivity contribution in [3.8, 4) is 0 Å². The molecule has 0 heterocycles. The minimum Gasteiger partial charge on any atom is -0.466 e. The van der Waals surface area contributed by atoms with E-state index < -0.39 is 0 Å². The lowest BCUT2D eigenvalue weighted by molar-refractivity contribution is -0.143. The number of ether oxygens (including phenoxy) is 1. The van der Waals surface area contributed by atoms with Gasteiger partial charge >= 0.3 is 5.97 Å². The molecule has 0 saturated carbocycles. The van der Waals surface area contributed by atoms with E-state index in [1.54, 1.807) is 0 Å². The summed E-state index contributed by atoms with van der Waals surface area (Å²) in [7, 11) is 0. The van der Waals surface area contributed by atoms with Gasteiger partial charge in [0, 0.05) is 6.42 Å². The zero-order valence-electron chi connectivity index (χ0n) is 15.2. The summed E-state index contributed by atoms with van der Waals surface area (Å²) < 4.78 is 5.26. The second-order valence-electron chi connectivity index (χ2n) is 6.39. The summed E-state index contributed by atoms with van der Waals surface area (Å²) in [6, 6.07) is 0. The summed E-state index contributed by atoms with van der Waals surface area (Å²) in [5.41, 5.74) is 0. The molecule has 0 atom stereocenters. The molecule has 0 aromatic rings. The quantitative estimate of drug-likeness (QED) is 0.223. The zero-order valence-corrected chi connectivity index (χ0v) is 15.2. The molecule has 2 heteroatoms. The van der Waals surface area contributed by atoms with Crippen LogP contribution in [-0.2, 0) is 9.53 Å². The number of hydrogen-bond donors (Lipinski definition) is 0. The summed E-state index contributed by atoms with van der Waals surface area (Å²) >= 11 is 0. The molecule has 0 aromatic heterocycles. The molecule has 0 bridgehead atoms. The predicted octanol–water partition coefficient (Wildman–Crippen LogP) is 6.63. The summed E-state index contributed by atoms with van der Waals surface area (Å²) in [5.74, 6) is -0.0449. The molecule has 1 radical (unpaired) electrons. The molecule has 0 fully saturated rings. The molecule has 0 amide bonds. The smallest absolute Gasteiger partial charge is 0.306 e. The van der Waals surface area contributed by atoms with Crippen molar-refractivity contribution < 1.29 is 9.53 Å². The third kappa shape index (κ3) is 17.5. The van der Waals surface area contributed by atoms with Crippen molar-refractivity contribution in [1.29, 1.82) is 0 Å². The third-order valence-electron chi connectivity index (χ3n) is 4.08. The van der Waals surface area contributed by atoms with Crippen molar-refractivity contribution in [2.24, 2.45) is 0 Å². The van der Waals surface area contributed by atoms with E-state index in [0.717, 1.165) is 12.8 Å². The van der Waals surface area contributed by atoms with Gasteiger partial charge in [0.2, 0.25) is 0 Å². The van der Waals surface area contributed by atoms with Crippen LogP contribution < -0.4 is 0 Å². The maximum absolute atomic E-state index is 11.5. The standard InChI is InChI=1S/C20H39O2/c1-3-5-7-9-11-13-15-17-19-22-20(21)18-16-14-12-10-8-6-4-2/h16H,3-15,17-19H2,1-2H3. The van der Waals surface area contributed by atoms with Gasteiger partial charge in [-0.15, -0.1) is 0 Å². The molecular formula is C20H39O2. The van der Waals surface area contributed by atoms with Gasteiger partial charge in [-0.2, -0.15) is 0 Å². The first-order valence-corrected chi connectivity index (χ1v) is 9.78. The summed E-state index contributed by atoms with van der Waals surface area (Å²) in [6.45, 7) is 5.09. The molecule has 2 nitrogen and oxygen atoms in total. The fourth-order valence-electron chi connectivity index (χ4n) is 2.59. The molecule has 0 aliphatic heterocycles. The highest BCUT2D eigenvalue weighted by molar-refractivity contribution is 5.70. The molecule has 0 rings (SSSR count). The largest absolute Gasteiger partial charge is 0.466 e. The van der Waals surface area contributed by atoms with Crippen LogP contribution in [0.4, 0.5) is 0 Å². The first-order valence-electron chi connectivity index (χ1n) is 9.78. The Balaban J connectivity index is 3.13. The van der Waals surface area contributed by atoms with Gasteiger partial charge in [-0.3, -0.25) is 4.79 Å². The Morgan fingerprint density at radius 1 is 0.727 bits per heavy atom. The van der Waals surface area contributed by atoms with Crippen molar-refractivity contribution in [2.45, 2.75) is 110 Å². The van der Waals surface area contributed by atoms with Gasteiger partial charge < -0.3 is 4.74 Å². The van der Waals surface area contributed by atoms with Crippen LogP contribution in [0.1, 0.15) is 110 Å². The molecule has 0 aliphatic carbocycles. The fourth-order valence-corrected chi connectivity index (χ4v) is 2.59. The maximum Gasteiger partial charge on any atom is 0.306 e. The summed E-state index contributed by atoms with van der Waals surface area (Å²) in [4.78, 5) is 11.5. The minimum atomic E-state index is -0.0449. The van der Waals surface area contributed by atoms with Gasteiger partial charge in [-0.1, -0.05) is 90.9 Å². The van der Waals surface area contributed by atoms with E-state index in [-0.39, 0.29) is 5.97 Å². The zero-order chi connectivity index (χ0) is 16.3. The molecule has 0 aliphatic rings. The van der Waals surface area contributed by atoms with Gasteiger partial charge in [0.1, 0.15) is 0 Å². The topological polar surface area (TPSA) is 26.3 Å². The van der Waals surface area contributed by atoms with Crippen molar-refractivity contribution in [2.75, 3.05) is 6.61 Å². The second kappa shape index (κ2) is 18.5. The lowest BCUT2D eigenvalue weighted by Crippen LogP contribution is -2.05. The lowest BCUT2D eigenvalue weighted by Gasteiger charge is -2.05. The Morgan fingerprint density at radius 3 is 1.82 bits per heavy atom. The lowest BCUT2D eigenvalue weighted by atomic mass is 10.1. The van der Waals surface area contributed by atoms with Crippen LogP contribution in [-0.4, -0.2) is 12.6 Å². The van der Waals surface area contributed by atoms with E-state index in [2.05, 4.69) is 20.3 Å². The van der Waals surface area contributed by atoms with E-state index in [0.29, 0.717) is 13.0 Å². The SMILES string of the molecule is CCCCCCC[CH]CC(=O)OCCCCCCCCCC. The molecule has 22 heavy (non-hydrogen) atoms. The monoisotopic (exact) mass is 311 g/mol. The first-order chi connectivity index (χ1) is 10.8. The Labute approximate surface area is 139 Å². The van der Waals surface area contributed by atoms with Gasteiger partial charge in [0.15, 0.2) is 0 Å². The van der Waals surface area contributed by atoms with Gasteiger partial charge in [-0.25, -0.2) is 0 Å². The highest BCUT2D eigenvalue weighted by Crippen LogP contribution is 2.10. The summed E-state index contributed by atoms with van der Waals surface area (Å²) in [6.07, 6.45) is 20.3. The number of unbranched alkanes of at least 4 members (excludes halogenated alkanes) is 13. The van der Waals surface area contributed by atoms with Crippen molar-refractivity contribution in [3.05, 3.63) is 6.42 Å². The summed E-state index contributed by atoms with van der Waals surface area (Å²) in [5, 5.41) is 0. The van der Waals surface area contributed by atoms with E-state index in [1.807, 2.05) is 0 Å². The number of carbonyl (C=O) groups excluding carboxylic acids is 1. The number of carbonyl (C=O) groups is 1. The van der Waals surface area contributed by atoms with Crippen LogP contribution in [0.5, 0.6) is 0 Å². The van der Waals surface area contributed by atoms with Crippen LogP contribution in [0, 0.1) is 6.42 Å². The van der Waals surface area contributed by atoms with E-state index >= 15 is 0 Å². The van der Waals surface area contributed by atoms with Crippen LogP contribution in [0.2, 0.25) is 0 Å².